The molecule has 1 aliphatic carbocycles. The van der Waals surface area contributed by atoms with E-state index in [9.17, 15) is 14.7 Å². The fourth-order valence-corrected chi connectivity index (χ4v) is 3.39. The summed E-state index contributed by atoms with van der Waals surface area (Å²) in [5, 5.41) is 14.2. The van der Waals surface area contributed by atoms with Crippen LogP contribution in [-0.4, -0.2) is 23.5 Å². The molecule has 4 nitrogen and oxygen atoms in total. The number of carbonyl (C=O) groups is 2. The average molecular weight is 295 g/mol. The van der Waals surface area contributed by atoms with E-state index in [2.05, 4.69) is 12.2 Å². The Morgan fingerprint density at radius 2 is 2.15 bits per heavy atom. The van der Waals surface area contributed by atoms with Gasteiger partial charge in [-0.25, -0.2) is 0 Å². The van der Waals surface area contributed by atoms with Crippen LogP contribution in [0.25, 0.3) is 0 Å². The number of carbonyl (C=O) groups excluding carboxylic acids is 1. The lowest BCUT2D eigenvalue weighted by molar-refractivity contribution is -0.151. The predicted octanol–water partition coefficient (Wildman–Crippen LogP) is 2.69. The molecule has 1 heterocycles. The summed E-state index contributed by atoms with van der Waals surface area (Å²) in [5.74, 6) is -0.281. The van der Waals surface area contributed by atoms with E-state index < -0.39 is 11.4 Å². The number of amides is 1. The van der Waals surface area contributed by atoms with E-state index >= 15 is 0 Å². The molecule has 0 atom stereocenters. The number of carboxylic acids is 1. The topological polar surface area (TPSA) is 66.4 Å². The number of aliphatic carboxylic acids is 1. The van der Waals surface area contributed by atoms with Crippen molar-refractivity contribution < 1.29 is 14.7 Å². The second-order valence-electron chi connectivity index (χ2n) is 5.80. The van der Waals surface area contributed by atoms with E-state index in [1.54, 1.807) is 11.3 Å². The molecule has 0 bridgehead atoms. The highest BCUT2D eigenvalue weighted by atomic mass is 32.1. The first-order chi connectivity index (χ1) is 9.52. The Kier molecular flexibility index (Phi) is 4.81. The van der Waals surface area contributed by atoms with E-state index in [-0.39, 0.29) is 12.5 Å². The highest BCUT2D eigenvalue weighted by Crippen LogP contribution is 2.38. The van der Waals surface area contributed by atoms with Crippen molar-refractivity contribution in [2.75, 3.05) is 6.54 Å². The highest BCUT2D eigenvalue weighted by molar-refractivity contribution is 7.10. The number of carboxylic acid groups (broad SMARTS) is 1. The summed E-state index contributed by atoms with van der Waals surface area (Å²) in [6.45, 7) is 2.40. The molecular formula is C15H21NO3S. The minimum Gasteiger partial charge on any atom is -0.481 e. The van der Waals surface area contributed by atoms with E-state index in [4.69, 9.17) is 0 Å². The molecule has 20 heavy (non-hydrogen) atoms. The number of hydrogen-bond acceptors (Lipinski definition) is 3. The minimum absolute atomic E-state index is 0.0910. The highest BCUT2D eigenvalue weighted by Gasteiger charge is 2.41. The van der Waals surface area contributed by atoms with Crippen molar-refractivity contribution in [2.45, 2.75) is 39.0 Å². The average Bonchev–Trinajstić information content (AvgIpc) is 2.91. The van der Waals surface area contributed by atoms with Gasteiger partial charge in [-0.2, -0.15) is 0 Å². The summed E-state index contributed by atoms with van der Waals surface area (Å²) in [7, 11) is 0. The van der Waals surface area contributed by atoms with Crippen molar-refractivity contribution in [2.24, 2.45) is 11.3 Å². The summed E-state index contributed by atoms with van der Waals surface area (Å²) >= 11 is 1.54. The molecule has 0 aromatic carbocycles. The monoisotopic (exact) mass is 295 g/mol. The summed E-state index contributed by atoms with van der Waals surface area (Å²) in [6, 6.07) is 3.83. The SMILES string of the molecule is CC1CCC(CNC(=O)Cc2cccs2)(C(=O)O)CC1. The molecule has 0 saturated heterocycles. The lowest BCUT2D eigenvalue weighted by atomic mass is 9.71. The van der Waals surface area contributed by atoms with Crippen LogP contribution >= 0.6 is 11.3 Å². The van der Waals surface area contributed by atoms with Crippen LogP contribution < -0.4 is 5.32 Å². The Bertz CT molecular complexity index is 461. The number of rotatable bonds is 5. The maximum atomic E-state index is 11.9. The van der Waals surface area contributed by atoms with Crippen molar-refractivity contribution in [3.63, 3.8) is 0 Å². The van der Waals surface area contributed by atoms with E-state index in [0.717, 1.165) is 17.7 Å². The van der Waals surface area contributed by atoms with Gasteiger partial charge in [0.1, 0.15) is 0 Å². The van der Waals surface area contributed by atoms with E-state index in [1.807, 2.05) is 17.5 Å². The van der Waals surface area contributed by atoms with Gasteiger partial charge in [-0.3, -0.25) is 9.59 Å². The Hall–Kier alpha value is -1.36. The molecule has 1 aromatic rings. The largest absolute Gasteiger partial charge is 0.481 e. The standard InChI is InChI=1S/C15H21NO3S/c1-11-4-6-15(7-5-11,14(18)19)10-16-13(17)9-12-3-2-8-20-12/h2-3,8,11H,4-7,9-10H2,1H3,(H,16,17)(H,18,19). The summed E-state index contributed by atoms with van der Waals surface area (Å²) in [4.78, 5) is 24.5. The maximum absolute atomic E-state index is 11.9. The fourth-order valence-electron chi connectivity index (χ4n) is 2.68. The Labute approximate surface area is 123 Å². The van der Waals surface area contributed by atoms with Crippen molar-refractivity contribution >= 4 is 23.2 Å². The molecule has 1 aliphatic rings. The molecule has 2 rings (SSSR count). The van der Waals surface area contributed by atoms with Gasteiger partial charge in [-0.15, -0.1) is 11.3 Å². The lowest BCUT2D eigenvalue weighted by Gasteiger charge is -2.35. The molecule has 1 fully saturated rings. The number of hydrogen-bond donors (Lipinski definition) is 2. The normalized spacial score (nSPS) is 26.1. The van der Waals surface area contributed by atoms with Gasteiger partial charge in [-0.05, 0) is 43.0 Å². The van der Waals surface area contributed by atoms with Gasteiger partial charge in [0.25, 0.3) is 0 Å². The first-order valence-electron chi connectivity index (χ1n) is 7.04. The van der Waals surface area contributed by atoms with Gasteiger partial charge in [0.05, 0.1) is 11.8 Å². The van der Waals surface area contributed by atoms with Crippen molar-refractivity contribution in [1.29, 1.82) is 0 Å². The second-order valence-corrected chi connectivity index (χ2v) is 6.83. The van der Waals surface area contributed by atoms with Crippen LogP contribution in [0.3, 0.4) is 0 Å². The van der Waals surface area contributed by atoms with Gasteiger partial charge >= 0.3 is 5.97 Å². The number of nitrogens with one attached hydrogen (secondary N) is 1. The summed E-state index contributed by atoms with van der Waals surface area (Å²) in [6.07, 6.45) is 3.50. The zero-order valence-corrected chi connectivity index (χ0v) is 12.5. The van der Waals surface area contributed by atoms with E-state index in [1.165, 1.54) is 0 Å². The van der Waals surface area contributed by atoms with Gasteiger partial charge in [0.2, 0.25) is 5.91 Å². The molecule has 2 N–H and O–H groups in total. The molecule has 0 aliphatic heterocycles. The van der Waals surface area contributed by atoms with Crippen LogP contribution in [0.5, 0.6) is 0 Å². The maximum Gasteiger partial charge on any atom is 0.311 e. The van der Waals surface area contributed by atoms with Gasteiger partial charge in [-0.1, -0.05) is 13.0 Å². The minimum atomic E-state index is -0.777. The fraction of sp³-hybridized carbons (Fsp3) is 0.600. The molecule has 0 unspecified atom stereocenters. The van der Waals surface area contributed by atoms with Crippen molar-refractivity contribution in [3.8, 4) is 0 Å². The molecule has 0 spiro atoms. The Morgan fingerprint density at radius 1 is 1.45 bits per heavy atom. The van der Waals surface area contributed by atoms with Crippen LogP contribution in [0.1, 0.15) is 37.5 Å². The molecule has 1 aromatic heterocycles. The van der Waals surface area contributed by atoms with Crippen LogP contribution in [0.2, 0.25) is 0 Å². The molecular weight excluding hydrogens is 274 g/mol. The Balaban J connectivity index is 1.89. The smallest absolute Gasteiger partial charge is 0.311 e. The van der Waals surface area contributed by atoms with Gasteiger partial charge in [0, 0.05) is 11.4 Å². The third-order valence-corrected chi connectivity index (χ3v) is 5.10. The molecule has 1 amide bonds. The van der Waals surface area contributed by atoms with Gasteiger partial charge < -0.3 is 10.4 Å². The second kappa shape index (κ2) is 6.39. The van der Waals surface area contributed by atoms with Crippen LogP contribution in [-0.2, 0) is 16.0 Å². The quantitative estimate of drug-likeness (QED) is 0.877. The lowest BCUT2D eigenvalue weighted by Crippen LogP contribution is -2.45. The van der Waals surface area contributed by atoms with E-state index in [0.29, 0.717) is 25.2 Å². The predicted molar refractivity (Wildman–Crippen MR) is 78.7 cm³/mol. The molecule has 5 heteroatoms. The summed E-state index contributed by atoms with van der Waals surface area (Å²) in [5.41, 5.74) is -0.766. The van der Waals surface area contributed by atoms with Gasteiger partial charge in [0.15, 0.2) is 0 Å². The van der Waals surface area contributed by atoms with Crippen LogP contribution in [0.15, 0.2) is 17.5 Å². The Morgan fingerprint density at radius 3 is 2.70 bits per heavy atom. The van der Waals surface area contributed by atoms with Crippen molar-refractivity contribution in [3.05, 3.63) is 22.4 Å². The first kappa shape index (κ1) is 15.0. The molecule has 0 radical (unpaired) electrons. The molecule has 1 saturated carbocycles. The van der Waals surface area contributed by atoms with Crippen LogP contribution in [0.4, 0.5) is 0 Å². The molecule has 110 valence electrons. The van der Waals surface area contributed by atoms with Crippen molar-refractivity contribution in [1.82, 2.24) is 5.32 Å². The zero-order valence-electron chi connectivity index (χ0n) is 11.7. The van der Waals surface area contributed by atoms with Crippen LogP contribution in [0, 0.1) is 11.3 Å². The zero-order chi connectivity index (χ0) is 14.6. The third-order valence-electron chi connectivity index (χ3n) is 4.22. The number of thiophene rings is 1. The first-order valence-corrected chi connectivity index (χ1v) is 7.92. The third kappa shape index (κ3) is 3.60. The summed E-state index contributed by atoms with van der Waals surface area (Å²) < 4.78 is 0.